The van der Waals surface area contributed by atoms with Crippen LogP contribution < -0.4 is 0 Å². The summed E-state index contributed by atoms with van der Waals surface area (Å²) in [5.74, 6) is -0.350. The monoisotopic (exact) mass is 390 g/mol. The van der Waals surface area contributed by atoms with Crippen LogP contribution in [0.15, 0.2) is 0 Å². The Morgan fingerprint density at radius 2 is 1.48 bits per heavy atom. The molecule has 0 aromatic heterocycles. The summed E-state index contributed by atoms with van der Waals surface area (Å²) in [5.41, 5.74) is 0.637. The molecule has 7 heteroatoms. The lowest BCUT2D eigenvalue weighted by Crippen LogP contribution is -2.48. The van der Waals surface area contributed by atoms with Crippen LogP contribution in [-0.2, 0) is 22.5 Å². The molecule has 0 aliphatic heterocycles. The summed E-state index contributed by atoms with van der Waals surface area (Å²) in [6.45, 7) is 6.33. The Balaban J connectivity index is 2.89. The molecular formula is C18H38O5Si2. The summed E-state index contributed by atoms with van der Waals surface area (Å²) in [4.78, 5) is 13.0. The van der Waals surface area contributed by atoms with Crippen molar-refractivity contribution < 1.29 is 22.5 Å². The van der Waals surface area contributed by atoms with Crippen LogP contribution in [0.4, 0.5) is 0 Å². The average molecular weight is 391 g/mol. The molecule has 0 saturated heterocycles. The summed E-state index contributed by atoms with van der Waals surface area (Å²) in [7, 11) is -0.0643. The van der Waals surface area contributed by atoms with Crippen molar-refractivity contribution in [3.8, 4) is 0 Å². The number of hydrogen-bond donors (Lipinski definition) is 0. The molecule has 1 aliphatic rings. The molecule has 0 bridgehead atoms. The molecule has 0 amide bonds. The molecule has 0 radical (unpaired) electrons. The average Bonchev–Trinajstić information content (AvgIpc) is 3.15. The van der Waals surface area contributed by atoms with Crippen molar-refractivity contribution in [3.05, 3.63) is 0 Å². The third-order valence-electron chi connectivity index (χ3n) is 5.64. The molecular weight excluding hydrogens is 352 g/mol. The number of carbonyl (C=O) groups is 1. The lowest BCUT2D eigenvalue weighted by Gasteiger charge is -2.37. The van der Waals surface area contributed by atoms with Gasteiger partial charge in [-0.25, -0.2) is 0 Å². The van der Waals surface area contributed by atoms with E-state index in [0.717, 1.165) is 24.9 Å². The molecule has 1 saturated carbocycles. The summed E-state index contributed by atoms with van der Waals surface area (Å²) in [5, 5.41) is 0. The van der Waals surface area contributed by atoms with Gasteiger partial charge in [-0.2, -0.15) is 0 Å². The summed E-state index contributed by atoms with van der Waals surface area (Å²) < 4.78 is 22.8. The Morgan fingerprint density at radius 3 is 1.88 bits per heavy atom. The van der Waals surface area contributed by atoms with Gasteiger partial charge in [-0.3, -0.25) is 4.79 Å². The van der Waals surface area contributed by atoms with Crippen LogP contribution in [0.2, 0.25) is 23.7 Å². The molecule has 25 heavy (non-hydrogen) atoms. The molecule has 0 aromatic carbocycles. The van der Waals surface area contributed by atoms with E-state index in [0.29, 0.717) is 11.6 Å². The van der Waals surface area contributed by atoms with Crippen LogP contribution >= 0.6 is 0 Å². The van der Waals surface area contributed by atoms with Gasteiger partial charge >= 0.3 is 8.80 Å². The first-order chi connectivity index (χ1) is 11.9. The maximum Gasteiger partial charge on any atom is 0.501 e. The first kappa shape index (κ1) is 22.8. The zero-order valence-electron chi connectivity index (χ0n) is 17.1. The second-order valence-corrected chi connectivity index (χ2v) is 14.5. The lowest BCUT2D eigenvalue weighted by atomic mass is 10.2. The minimum Gasteiger partial charge on any atom is -0.519 e. The second-order valence-electron chi connectivity index (χ2n) is 7.37. The van der Waals surface area contributed by atoms with Crippen molar-refractivity contribution in [2.75, 3.05) is 21.3 Å². The number of carbonyl (C=O) groups excluding carboxylic acids is 1. The summed E-state index contributed by atoms with van der Waals surface area (Å²) >= 11 is 0. The van der Waals surface area contributed by atoms with Crippen molar-refractivity contribution in [1.29, 1.82) is 0 Å². The molecule has 5 nitrogen and oxygen atoms in total. The van der Waals surface area contributed by atoms with Crippen LogP contribution in [-0.4, -0.2) is 44.4 Å². The Labute approximate surface area is 156 Å². The lowest BCUT2D eigenvalue weighted by molar-refractivity contribution is -0.139. The van der Waals surface area contributed by atoms with Gasteiger partial charge in [0.25, 0.3) is 14.3 Å². The highest BCUT2D eigenvalue weighted by Gasteiger charge is 2.48. The number of hydrogen-bond acceptors (Lipinski definition) is 5. The van der Waals surface area contributed by atoms with Crippen molar-refractivity contribution in [2.24, 2.45) is 5.92 Å². The van der Waals surface area contributed by atoms with Crippen molar-refractivity contribution in [3.63, 3.8) is 0 Å². The van der Waals surface area contributed by atoms with E-state index in [4.69, 9.17) is 17.7 Å². The van der Waals surface area contributed by atoms with Gasteiger partial charge in [0.15, 0.2) is 0 Å². The van der Waals surface area contributed by atoms with Gasteiger partial charge in [-0.05, 0) is 30.5 Å². The van der Waals surface area contributed by atoms with Gasteiger partial charge in [0.2, 0.25) is 0 Å². The van der Waals surface area contributed by atoms with E-state index in [-0.39, 0.29) is 11.9 Å². The van der Waals surface area contributed by atoms with Gasteiger partial charge in [0, 0.05) is 27.4 Å². The molecule has 0 N–H and O–H groups in total. The minimum atomic E-state index is -2.77. The summed E-state index contributed by atoms with van der Waals surface area (Å²) in [6, 6.07) is 2.64. The van der Waals surface area contributed by atoms with E-state index in [1.807, 2.05) is 6.92 Å². The molecule has 0 aromatic rings. The van der Waals surface area contributed by atoms with E-state index in [9.17, 15) is 4.79 Å². The molecule has 1 fully saturated rings. The Kier molecular flexibility index (Phi) is 9.88. The molecule has 1 aliphatic carbocycles. The third kappa shape index (κ3) is 5.89. The Hall–Kier alpha value is -0.216. The zero-order chi connectivity index (χ0) is 18.9. The standard InChI is InChI=1S/C18H38O5Si2/c1-7-13-24(14-8-2,17-11-9-10-12-17)23-18(19)16(3)15-25(20-4,21-5)22-6/h16-17H,7-15H2,1-6H3. The van der Waals surface area contributed by atoms with Crippen molar-refractivity contribution in [1.82, 2.24) is 0 Å². The Morgan fingerprint density at radius 1 is 1.00 bits per heavy atom. The molecule has 0 heterocycles. The van der Waals surface area contributed by atoms with Gasteiger partial charge in [0.1, 0.15) is 0 Å². The maximum atomic E-state index is 13.0. The smallest absolute Gasteiger partial charge is 0.501 e. The fraction of sp³-hybridized carbons (Fsp3) is 0.944. The quantitative estimate of drug-likeness (QED) is 0.450. The predicted molar refractivity (Wildman–Crippen MR) is 105 cm³/mol. The van der Waals surface area contributed by atoms with Gasteiger partial charge in [-0.1, -0.05) is 46.5 Å². The van der Waals surface area contributed by atoms with Gasteiger partial charge in [-0.15, -0.1) is 0 Å². The fourth-order valence-corrected chi connectivity index (χ4v) is 11.4. The van der Waals surface area contributed by atoms with Crippen LogP contribution in [0.25, 0.3) is 0 Å². The van der Waals surface area contributed by atoms with Crippen molar-refractivity contribution >= 4 is 23.1 Å². The van der Waals surface area contributed by atoms with E-state index in [1.54, 1.807) is 21.3 Å². The van der Waals surface area contributed by atoms with Gasteiger partial charge in [0.05, 0.1) is 5.92 Å². The van der Waals surface area contributed by atoms with Crippen LogP contribution in [0, 0.1) is 5.92 Å². The van der Waals surface area contributed by atoms with Crippen molar-refractivity contribution in [2.45, 2.75) is 83.0 Å². The predicted octanol–water partition coefficient (Wildman–Crippen LogP) is 4.75. The highest BCUT2D eigenvalue weighted by molar-refractivity contribution is 6.76. The normalized spacial score (nSPS) is 17.7. The molecule has 1 rings (SSSR count). The minimum absolute atomic E-state index is 0.0801. The van der Waals surface area contributed by atoms with E-state index < -0.39 is 17.1 Å². The van der Waals surface area contributed by atoms with E-state index in [1.165, 1.54) is 25.7 Å². The molecule has 1 unspecified atom stereocenters. The SMILES string of the molecule is CCC[Si](CCC)(OC(=O)C(C)C[Si](OC)(OC)OC)C1CCCC1. The highest BCUT2D eigenvalue weighted by Crippen LogP contribution is 2.45. The third-order valence-corrected chi connectivity index (χ3v) is 14.0. The fourth-order valence-electron chi connectivity index (χ4n) is 4.28. The van der Waals surface area contributed by atoms with E-state index in [2.05, 4.69) is 13.8 Å². The second kappa shape index (κ2) is 10.8. The van der Waals surface area contributed by atoms with E-state index >= 15 is 0 Å². The largest absolute Gasteiger partial charge is 0.519 e. The molecule has 0 spiro atoms. The van der Waals surface area contributed by atoms with Crippen LogP contribution in [0.5, 0.6) is 0 Å². The first-order valence-electron chi connectivity index (χ1n) is 9.80. The molecule has 148 valence electrons. The van der Waals surface area contributed by atoms with Crippen LogP contribution in [0.1, 0.15) is 59.3 Å². The molecule has 1 atom stereocenters. The Bertz CT molecular complexity index is 381. The number of rotatable bonds is 12. The summed E-state index contributed by atoms with van der Waals surface area (Å²) in [6.07, 6.45) is 7.23. The van der Waals surface area contributed by atoms with Gasteiger partial charge < -0.3 is 17.7 Å². The maximum absolute atomic E-state index is 13.0. The zero-order valence-corrected chi connectivity index (χ0v) is 19.1. The van der Waals surface area contributed by atoms with Crippen LogP contribution in [0.3, 0.4) is 0 Å². The topological polar surface area (TPSA) is 54.0 Å². The first-order valence-corrected chi connectivity index (χ1v) is 14.1. The highest BCUT2D eigenvalue weighted by atomic mass is 28.4.